The van der Waals surface area contributed by atoms with Gasteiger partial charge in [0.1, 0.15) is 6.04 Å². The van der Waals surface area contributed by atoms with Gasteiger partial charge in [0.05, 0.1) is 5.56 Å². The van der Waals surface area contributed by atoms with Crippen molar-refractivity contribution in [1.82, 2.24) is 4.90 Å². The van der Waals surface area contributed by atoms with E-state index in [9.17, 15) is 9.59 Å². The van der Waals surface area contributed by atoms with Crippen LogP contribution in [0.2, 0.25) is 5.02 Å². The van der Waals surface area contributed by atoms with Gasteiger partial charge in [0.25, 0.3) is 5.91 Å². The molecule has 0 spiro atoms. The van der Waals surface area contributed by atoms with Crippen molar-refractivity contribution in [3.63, 3.8) is 0 Å². The lowest BCUT2D eigenvalue weighted by atomic mass is 10.1. The van der Waals surface area contributed by atoms with E-state index >= 15 is 0 Å². The Morgan fingerprint density at radius 3 is 2.43 bits per heavy atom. The van der Waals surface area contributed by atoms with Crippen molar-refractivity contribution in [3.05, 3.63) is 28.8 Å². The third kappa shape index (κ3) is 3.46. The first kappa shape index (κ1) is 15.6. The maximum Gasteiger partial charge on any atom is 0.320 e. The largest absolute Gasteiger partial charge is 0.480 e. The number of anilines is 1. The quantitative estimate of drug-likeness (QED) is 0.867. The fraction of sp³-hybridized carbons (Fsp3) is 0.429. The molecule has 1 fully saturated rings. The second kappa shape index (κ2) is 6.32. The van der Waals surface area contributed by atoms with Crippen molar-refractivity contribution < 1.29 is 14.7 Å². The summed E-state index contributed by atoms with van der Waals surface area (Å²) in [5.74, 6) is -1.35. The average molecular weight is 312 g/mol. The molecular formula is C14H18ClN3O3. The first-order chi connectivity index (χ1) is 9.90. The molecule has 1 aromatic rings. The number of halogens is 1. The van der Waals surface area contributed by atoms with Crippen LogP contribution in [-0.2, 0) is 4.79 Å². The van der Waals surface area contributed by atoms with Crippen LogP contribution in [0.3, 0.4) is 0 Å². The maximum atomic E-state index is 11.5. The van der Waals surface area contributed by atoms with Crippen LogP contribution in [0.15, 0.2) is 18.2 Å². The summed E-state index contributed by atoms with van der Waals surface area (Å²) < 4.78 is 0. The lowest BCUT2D eigenvalue weighted by Gasteiger charge is -2.38. The lowest BCUT2D eigenvalue weighted by molar-refractivity contribution is -0.142. The summed E-state index contributed by atoms with van der Waals surface area (Å²) in [5, 5.41) is 9.50. The SMILES string of the molecule is CC(C(=O)O)N1CCN(c2ccc(Cl)cc2C(N)=O)CC1. The number of hydrogen-bond acceptors (Lipinski definition) is 4. The van der Waals surface area contributed by atoms with Crippen LogP contribution in [0, 0.1) is 0 Å². The zero-order valence-electron chi connectivity index (χ0n) is 11.8. The van der Waals surface area contributed by atoms with E-state index in [1.54, 1.807) is 25.1 Å². The summed E-state index contributed by atoms with van der Waals surface area (Å²) in [6.07, 6.45) is 0. The number of nitrogens with two attached hydrogens (primary N) is 1. The Labute approximate surface area is 128 Å². The lowest BCUT2D eigenvalue weighted by Crippen LogP contribution is -2.52. The molecule has 0 bridgehead atoms. The summed E-state index contributed by atoms with van der Waals surface area (Å²) >= 11 is 5.90. The first-order valence-corrected chi connectivity index (χ1v) is 7.09. The molecule has 1 amide bonds. The van der Waals surface area contributed by atoms with E-state index in [0.29, 0.717) is 36.8 Å². The van der Waals surface area contributed by atoms with E-state index in [-0.39, 0.29) is 0 Å². The van der Waals surface area contributed by atoms with Crippen molar-refractivity contribution >= 4 is 29.2 Å². The second-order valence-electron chi connectivity index (χ2n) is 5.06. The number of nitrogens with zero attached hydrogens (tertiary/aromatic N) is 2. The van der Waals surface area contributed by atoms with E-state index in [1.807, 2.05) is 9.80 Å². The van der Waals surface area contributed by atoms with Crippen LogP contribution < -0.4 is 10.6 Å². The molecule has 3 N–H and O–H groups in total. The van der Waals surface area contributed by atoms with Crippen LogP contribution in [0.5, 0.6) is 0 Å². The summed E-state index contributed by atoms with van der Waals surface area (Å²) in [6.45, 7) is 4.19. The number of rotatable bonds is 4. The molecule has 1 unspecified atom stereocenters. The van der Waals surface area contributed by atoms with Gasteiger partial charge in [-0.1, -0.05) is 11.6 Å². The standard InChI is InChI=1S/C14H18ClN3O3/c1-9(14(20)21)17-4-6-18(7-5-17)12-3-2-10(15)8-11(12)13(16)19/h2-3,8-9H,4-7H2,1H3,(H2,16,19)(H,20,21). The zero-order valence-corrected chi connectivity index (χ0v) is 12.5. The third-order valence-electron chi connectivity index (χ3n) is 3.78. The minimum atomic E-state index is -0.826. The van der Waals surface area contributed by atoms with Crippen molar-refractivity contribution in [3.8, 4) is 0 Å². The number of benzene rings is 1. The van der Waals surface area contributed by atoms with Gasteiger partial charge in [-0.25, -0.2) is 0 Å². The molecule has 1 aromatic carbocycles. The maximum absolute atomic E-state index is 11.5. The monoisotopic (exact) mass is 311 g/mol. The molecule has 1 aliphatic heterocycles. The number of amides is 1. The van der Waals surface area contributed by atoms with Crippen molar-refractivity contribution in [2.45, 2.75) is 13.0 Å². The minimum Gasteiger partial charge on any atom is -0.480 e. The molecular weight excluding hydrogens is 294 g/mol. The van der Waals surface area contributed by atoms with E-state index in [2.05, 4.69) is 0 Å². The number of carboxylic acids is 1. The summed E-state index contributed by atoms with van der Waals surface area (Å²) in [7, 11) is 0. The Morgan fingerprint density at radius 2 is 1.90 bits per heavy atom. The Bertz CT molecular complexity index is 556. The van der Waals surface area contributed by atoms with Gasteiger partial charge in [-0.2, -0.15) is 0 Å². The highest BCUT2D eigenvalue weighted by atomic mass is 35.5. The Balaban J connectivity index is 2.12. The fourth-order valence-electron chi connectivity index (χ4n) is 2.49. The first-order valence-electron chi connectivity index (χ1n) is 6.71. The molecule has 0 aromatic heterocycles. The number of aliphatic carboxylic acids is 1. The number of carboxylic acid groups (broad SMARTS) is 1. The number of primary amides is 1. The van der Waals surface area contributed by atoms with E-state index in [1.165, 1.54) is 0 Å². The molecule has 21 heavy (non-hydrogen) atoms. The smallest absolute Gasteiger partial charge is 0.320 e. The molecule has 2 rings (SSSR count). The van der Waals surface area contributed by atoms with Gasteiger partial charge in [0.2, 0.25) is 0 Å². The summed E-state index contributed by atoms with van der Waals surface area (Å²) in [5.41, 5.74) is 6.53. The molecule has 0 saturated carbocycles. The number of hydrogen-bond donors (Lipinski definition) is 2. The molecule has 1 saturated heterocycles. The van der Waals surface area contributed by atoms with Gasteiger partial charge in [-0.15, -0.1) is 0 Å². The average Bonchev–Trinajstić information content (AvgIpc) is 2.46. The summed E-state index contributed by atoms with van der Waals surface area (Å²) in [6, 6.07) is 4.55. The third-order valence-corrected chi connectivity index (χ3v) is 4.02. The van der Waals surface area contributed by atoms with Crippen LogP contribution in [0.25, 0.3) is 0 Å². The molecule has 1 atom stereocenters. The highest BCUT2D eigenvalue weighted by Crippen LogP contribution is 2.25. The van der Waals surface area contributed by atoms with Crippen LogP contribution in [0.4, 0.5) is 5.69 Å². The molecule has 0 radical (unpaired) electrons. The van der Waals surface area contributed by atoms with Gasteiger partial charge in [-0.05, 0) is 25.1 Å². The fourth-order valence-corrected chi connectivity index (χ4v) is 2.66. The predicted molar refractivity (Wildman–Crippen MR) is 80.9 cm³/mol. The Morgan fingerprint density at radius 1 is 1.29 bits per heavy atom. The van der Waals surface area contributed by atoms with Crippen LogP contribution >= 0.6 is 11.6 Å². The predicted octanol–water partition coefficient (Wildman–Crippen LogP) is 1.03. The van der Waals surface area contributed by atoms with Crippen molar-refractivity contribution in [2.75, 3.05) is 31.1 Å². The van der Waals surface area contributed by atoms with Gasteiger partial charge in [0.15, 0.2) is 0 Å². The van der Waals surface area contributed by atoms with Gasteiger partial charge in [0, 0.05) is 36.9 Å². The van der Waals surface area contributed by atoms with Gasteiger partial charge < -0.3 is 15.7 Å². The molecule has 1 aliphatic rings. The molecule has 6 nitrogen and oxygen atoms in total. The van der Waals surface area contributed by atoms with Crippen LogP contribution in [-0.4, -0.2) is 54.1 Å². The number of carbonyl (C=O) groups excluding carboxylic acids is 1. The minimum absolute atomic E-state index is 0.391. The van der Waals surface area contributed by atoms with Crippen molar-refractivity contribution in [1.29, 1.82) is 0 Å². The molecule has 1 heterocycles. The van der Waals surface area contributed by atoms with E-state index in [0.717, 1.165) is 5.69 Å². The van der Waals surface area contributed by atoms with Gasteiger partial charge in [-0.3, -0.25) is 14.5 Å². The van der Waals surface area contributed by atoms with Gasteiger partial charge >= 0.3 is 5.97 Å². The Hall–Kier alpha value is -1.79. The highest BCUT2D eigenvalue weighted by molar-refractivity contribution is 6.31. The van der Waals surface area contributed by atoms with E-state index in [4.69, 9.17) is 22.4 Å². The highest BCUT2D eigenvalue weighted by Gasteiger charge is 2.26. The molecule has 0 aliphatic carbocycles. The topological polar surface area (TPSA) is 86.9 Å². The van der Waals surface area contributed by atoms with Crippen molar-refractivity contribution in [2.24, 2.45) is 5.73 Å². The zero-order chi connectivity index (χ0) is 15.6. The van der Waals surface area contributed by atoms with Crippen LogP contribution in [0.1, 0.15) is 17.3 Å². The molecule has 114 valence electrons. The summed E-state index contributed by atoms with van der Waals surface area (Å²) in [4.78, 5) is 26.5. The second-order valence-corrected chi connectivity index (χ2v) is 5.50. The number of carbonyl (C=O) groups is 2. The number of piperazine rings is 1. The normalized spacial score (nSPS) is 17.5. The van der Waals surface area contributed by atoms with E-state index < -0.39 is 17.9 Å². The molecule has 7 heteroatoms. The Kier molecular flexibility index (Phi) is 4.69.